The van der Waals surface area contributed by atoms with E-state index in [0.717, 1.165) is 29.4 Å². The van der Waals surface area contributed by atoms with Crippen LogP contribution in [-0.2, 0) is 9.59 Å². The first-order chi connectivity index (χ1) is 14.9. The molecule has 1 aromatic carbocycles. The number of urea groups is 1. The highest BCUT2D eigenvalue weighted by molar-refractivity contribution is 6.31. The van der Waals surface area contributed by atoms with Crippen molar-refractivity contribution in [1.82, 2.24) is 20.1 Å². The van der Waals surface area contributed by atoms with Gasteiger partial charge in [-0.25, -0.2) is 4.79 Å². The molecule has 2 fully saturated rings. The molecule has 31 heavy (non-hydrogen) atoms. The maximum atomic E-state index is 12.8. The molecule has 4 rings (SSSR count). The summed E-state index contributed by atoms with van der Waals surface area (Å²) in [5.74, 6) is -0.579. The largest absolute Gasteiger partial charge is 0.367 e. The predicted molar refractivity (Wildman–Crippen MR) is 119 cm³/mol. The Bertz CT molecular complexity index is 1010. The second kappa shape index (κ2) is 9.09. The lowest BCUT2D eigenvalue weighted by Gasteiger charge is -2.37. The number of fused-ring (bicyclic) bond motifs is 1. The van der Waals surface area contributed by atoms with Crippen molar-refractivity contribution in [2.24, 2.45) is 0 Å². The molecule has 1 N–H and O–H groups in total. The lowest BCUT2D eigenvalue weighted by Crippen LogP contribution is -2.56. The number of pyridine rings is 1. The summed E-state index contributed by atoms with van der Waals surface area (Å²) >= 11 is 6.09. The minimum atomic E-state index is -0.647. The Morgan fingerprint density at radius 3 is 2.61 bits per heavy atom. The van der Waals surface area contributed by atoms with Crippen LogP contribution in [0.5, 0.6) is 0 Å². The standard InChI is InChI=1S/C22H26ClN5O3/c1-15(29)28-9-3-2-4-18(21(28)30)25-22(31)27-12-10-26(11-13-27)20-7-8-24-19-14-16(23)5-6-17(19)20/h5-8,14,18H,2-4,9-13H2,1H3,(H,25,31). The summed E-state index contributed by atoms with van der Waals surface area (Å²) in [5.41, 5.74) is 1.91. The second-order valence-electron chi connectivity index (χ2n) is 7.97. The summed E-state index contributed by atoms with van der Waals surface area (Å²) in [6.45, 7) is 4.24. The third kappa shape index (κ3) is 4.58. The normalized spacial score (nSPS) is 20.0. The van der Waals surface area contributed by atoms with Gasteiger partial charge in [-0.1, -0.05) is 11.6 Å². The summed E-state index contributed by atoms with van der Waals surface area (Å²) in [6.07, 6.45) is 3.89. The smallest absolute Gasteiger partial charge is 0.318 e. The molecule has 0 spiro atoms. The van der Waals surface area contributed by atoms with E-state index in [2.05, 4.69) is 15.2 Å². The predicted octanol–water partition coefficient (Wildman–Crippen LogP) is 2.65. The van der Waals surface area contributed by atoms with Gasteiger partial charge in [0.25, 0.3) is 5.91 Å². The van der Waals surface area contributed by atoms with Crippen LogP contribution in [0, 0.1) is 0 Å². The number of likely N-dealkylation sites (tertiary alicyclic amines) is 1. The highest BCUT2D eigenvalue weighted by atomic mass is 35.5. The van der Waals surface area contributed by atoms with E-state index in [1.165, 1.54) is 11.8 Å². The molecule has 2 aromatic rings. The Morgan fingerprint density at radius 2 is 1.87 bits per heavy atom. The number of halogens is 1. The Kier molecular flexibility index (Phi) is 6.27. The van der Waals surface area contributed by atoms with Crippen molar-refractivity contribution in [3.63, 3.8) is 0 Å². The Morgan fingerprint density at radius 1 is 1.10 bits per heavy atom. The lowest BCUT2D eigenvalue weighted by molar-refractivity contribution is -0.144. The maximum absolute atomic E-state index is 12.8. The quantitative estimate of drug-likeness (QED) is 0.771. The van der Waals surface area contributed by atoms with Gasteiger partial charge in [0.15, 0.2) is 0 Å². The average Bonchev–Trinajstić information content (AvgIpc) is 2.94. The average molecular weight is 444 g/mol. The van der Waals surface area contributed by atoms with E-state index in [4.69, 9.17) is 11.6 Å². The number of hydrogen-bond acceptors (Lipinski definition) is 5. The van der Waals surface area contributed by atoms with Crippen molar-refractivity contribution < 1.29 is 14.4 Å². The van der Waals surface area contributed by atoms with Crippen molar-refractivity contribution in [3.05, 3.63) is 35.5 Å². The van der Waals surface area contributed by atoms with Crippen molar-refractivity contribution in [2.75, 3.05) is 37.6 Å². The first-order valence-corrected chi connectivity index (χ1v) is 11.0. The van der Waals surface area contributed by atoms with Crippen molar-refractivity contribution in [3.8, 4) is 0 Å². The number of benzene rings is 1. The number of amides is 4. The van der Waals surface area contributed by atoms with Crippen molar-refractivity contribution in [2.45, 2.75) is 32.2 Å². The number of nitrogens with zero attached hydrogens (tertiary/aromatic N) is 4. The third-order valence-electron chi connectivity index (χ3n) is 5.96. The van der Waals surface area contributed by atoms with Crippen LogP contribution in [0.15, 0.2) is 30.5 Å². The summed E-state index contributed by atoms with van der Waals surface area (Å²) in [6, 6.07) is 6.75. The van der Waals surface area contributed by atoms with E-state index in [-0.39, 0.29) is 17.8 Å². The number of carbonyl (C=O) groups excluding carboxylic acids is 3. The minimum Gasteiger partial charge on any atom is -0.367 e. The van der Waals surface area contributed by atoms with Crippen LogP contribution in [-0.4, -0.2) is 71.4 Å². The zero-order valence-electron chi connectivity index (χ0n) is 17.5. The first kappa shape index (κ1) is 21.4. The SMILES string of the molecule is CC(=O)N1CCCCC(NC(=O)N2CCN(c3ccnc4cc(Cl)ccc34)CC2)C1=O. The fourth-order valence-corrected chi connectivity index (χ4v) is 4.43. The van der Waals surface area contributed by atoms with Gasteiger partial charge in [0.2, 0.25) is 5.91 Å². The Labute approximate surface area is 186 Å². The molecule has 1 unspecified atom stereocenters. The van der Waals surface area contributed by atoms with E-state index in [1.807, 2.05) is 24.3 Å². The van der Waals surface area contributed by atoms with Gasteiger partial charge in [-0.05, 0) is 43.5 Å². The highest BCUT2D eigenvalue weighted by Gasteiger charge is 2.32. The van der Waals surface area contributed by atoms with E-state index < -0.39 is 6.04 Å². The second-order valence-corrected chi connectivity index (χ2v) is 8.41. The Balaban J connectivity index is 1.39. The van der Waals surface area contributed by atoms with E-state index in [0.29, 0.717) is 44.2 Å². The topological polar surface area (TPSA) is 85.8 Å². The van der Waals surface area contributed by atoms with Crippen LogP contribution >= 0.6 is 11.6 Å². The molecule has 3 heterocycles. The van der Waals surface area contributed by atoms with E-state index in [9.17, 15) is 14.4 Å². The van der Waals surface area contributed by atoms with E-state index in [1.54, 1.807) is 11.1 Å². The van der Waals surface area contributed by atoms with Gasteiger partial charge in [-0.15, -0.1) is 0 Å². The molecule has 0 radical (unpaired) electrons. The molecule has 9 heteroatoms. The zero-order valence-corrected chi connectivity index (χ0v) is 18.3. The molecular formula is C22H26ClN5O3. The van der Waals surface area contributed by atoms with Crippen molar-refractivity contribution in [1.29, 1.82) is 0 Å². The molecule has 8 nitrogen and oxygen atoms in total. The summed E-state index contributed by atoms with van der Waals surface area (Å²) < 4.78 is 0. The molecule has 2 saturated heterocycles. The van der Waals surface area contributed by atoms with Gasteiger partial charge in [-0.2, -0.15) is 0 Å². The highest BCUT2D eigenvalue weighted by Crippen LogP contribution is 2.28. The third-order valence-corrected chi connectivity index (χ3v) is 6.19. The molecule has 2 aliphatic heterocycles. The Hall–Kier alpha value is -2.87. The number of piperazine rings is 1. The van der Waals surface area contributed by atoms with Crippen LogP contribution in [0.1, 0.15) is 26.2 Å². The van der Waals surface area contributed by atoms with Crippen LogP contribution in [0.2, 0.25) is 5.02 Å². The monoisotopic (exact) mass is 443 g/mol. The molecule has 0 bridgehead atoms. The van der Waals surface area contributed by atoms with Crippen LogP contribution in [0.3, 0.4) is 0 Å². The minimum absolute atomic E-state index is 0.255. The molecule has 1 aromatic heterocycles. The number of imide groups is 1. The van der Waals surface area contributed by atoms with Crippen LogP contribution in [0.25, 0.3) is 10.9 Å². The molecule has 2 aliphatic rings. The van der Waals surface area contributed by atoms with E-state index >= 15 is 0 Å². The van der Waals surface area contributed by atoms with Gasteiger partial charge in [0, 0.05) is 61.9 Å². The van der Waals surface area contributed by atoms with Crippen LogP contribution < -0.4 is 10.2 Å². The van der Waals surface area contributed by atoms with Gasteiger partial charge in [0.1, 0.15) is 6.04 Å². The lowest BCUT2D eigenvalue weighted by atomic mass is 10.1. The molecule has 1 atom stereocenters. The fraction of sp³-hybridized carbons (Fsp3) is 0.455. The van der Waals surface area contributed by atoms with Crippen molar-refractivity contribution >= 4 is 46.0 Å². The molecule has 0 aliphatic carbocycles. The molecular weight excluding hydrogens is 418 g/mol. The number of rotatable bonds is 2. The van der Waals surface area contributed by atoms with Crippen LogP contribution in [0.4, 0.5) is 10.5 Å². The van der Waals surface area contributed by atoms with Gasteiger partial charge >= 0.3 is 6.03 Å². The number of nitrogens with one attached hydrogen (secondary N) is 1. The summed E-state index contributed by atoms with van der Waals surface area (Å²) in [4.78, 5) is 46.8. The zero-order chi connectivity index (χ0) is 22.0. The maximum Gasteiger partial charge on any atom is 0.318 e. The molecule has 0 saturated carbocycles. The fourth-order valence-electron chi connectivity index (χ4n) is 4.26. The van der Waals surface area contributed by atoms with Gasteiger partial charge < -0.3 is 15.1 Å². The first-order valence-electron chi connectivity index (χ1n) is 10.6. The molecule has 4 amide bonds. The number of aromatic nitrogens is 1. The molecule has 164 valence electrons. The van der Waals surface area contributed by atoms with Gasteiger partial charge in [0.05, 0.1) is 5.52 Å². The number of hydrogen-bond donors (Lipinski definition) is 1. The van der Waals surface area contributed by atoms with Gasteiger partial charge in [-0.3, -0.25) is 19.5 Å². The number of carbonyl (C=O) groups is 3. The summed E-state index contributed by atoms with van der Waals surface area (Å²) in [7, 11) is 0. The summed E-state index contributed by atoms with van der Waals surface area (Å²) in [5, 5.41) is 4.53. The number of anilines is 1.